The third-order valence-electron chi connectivity index (χ3n) is 1.88. The van der Waals surface area contributed by atoms with Gasteiger partial charge in [0.2, 0.25) is 0 Å². The lowest BCUT2D eigenvalue weighted by molar-refractivity contribution is 0.475. The highest BCUT2D eigenvalue weighted by Crippen LogP contribution is 2.27. The Hall–Kier alpha value is -1.81. The van der Waals surface area contributed by atoms with Gasteiger partial charge in [0.05, 0.1) is 5.02 Å². The first-order valence-corrected chi connectivity index (χ1v) is 4.62. The average molecular weight is 222 g/mol. The van der Waals surface area contributed by atoms with Crippen LogP contribution in [-0.4, -0.2) is 15.1 Å². The number of nitrogens with zero attached hydrogens (tertiary/aromatic N) is 2. The number of aromatic hydroxyl groups is 1. The van der Waals surface area contributed by atoms with E-state index in [1.807, 2.05) is 0 Å². The number of phenols is 1. The van der Waals surface area contributed by atoms with Crippen LogP contribution < -0.4 is 5.73 Å². The molecular weight excluding hydrogens is 214 g/mol. The predicted molar refractivity (Wildman–Crippen MR) is 58.6 cm³/mol. The fourth-order valence-corrected chi connectivity index (χ4v) is 1.34. The van der Waals surface area contributed by atoms with Crippen LogP contribution in [0.4, 0.5) is 5.82 Å². The number of hydrogen-bond donors (Lipinski definition) is 2. The van der Waals surface area contributed by atoms with Gasteiger partial charge >= 0.3 is 0 Å². The van der Waals surface area contributed by atoms with Crippen LogP contribution in [0.3, 0.4) is 0 Å². The van der Waals surface area contributed by atoms with Crippen molar-refractivity contribution in [2.75, 3.05) is 5.73 Å². The molecule has 0 bridgehead atoms. The van der Waals surface area contributed by atoms with E-state index in [1.165, 1.54) is 6.07 Å². The first-order valence-electron chi connectivity index (χ1n) is 4.24. The maximum Gasteiger partial charge on any atom is 0.161 e. The monoisotopic (exact) mass is 221 g/mol. The van der Waals surface area contributed by atoms with E-state index in [0.717, 1.165) is 0 Å². The number of benzene rings is 1. The maximum absolute atomic E-state index is 9.25. The number of halogens is 1. The molecule has 4 nitrogen and oxygen atoms in total. The molecule has 15 heavy (non-hydrogen) atoms. The van der Waals surface area contributed by atoms with Crippen LogP contribution in [0.5, 0.6) is 5.75 Å². The lowest BCUT2D eigenvalue weighted by atomic mass is 10.2. The summed E-state index contributed by atoms with van der Waals surface area (Å²) in [6.07, 6.45) is 1.57. The summed E-state index contributed by atoms with van der Waals surface area (Å²) in [7, 11) is 0. The molecule has 0 unspecified atom stereocenters. The van der Waals surface area contributed by atoms with Gasteiger partial charge in [-0.15, -0.1) is 0 Å². The lowest BCUT2D eigenvalue weighted by Crippen LogP contribution is -1.94. The summed E-state index contributed by atoms with van der Waals surface area (Å²) >= 11 is 5.77. The topological polar surface area (TPSA) is 72.0 Å². The van der Waals surface area contributed by atoms with Crippen molar-refractivity contribution >= 4 is 17.4 Å². The fourth-order valence-electron chi connectivity index (χ4n) is 1.16. The minimum Gasteiger partial charge on any atom is -0.506 e. The van der Waals surface area contributed by atoms with Crippen LogP contribution in [-0.2, 0) is 0 Å². The minimum atomic E-state index is 0.0318. The second-order valence-electron chi connectivity index (χ2n) is 2.97. The number of nitrogens with two attached hydrogens (primary N) is 1. The highest BCUT2D eigenvalue weighted by molar-refractivity contribution is 6.32. The quantitative estimate of drug-likeness (QED) is 0.774. The van der Waals surface area contributed by atoms with E-state index in [-0.39, 0.29) is 10.8 Å². The summed E-state index contributed by atoms with van der Waals surface area (Å²) in [6.45, 7) is 0. The van der Waals surface area contributed by atoms with Crippen molar-refractivity contribution in [3.63, 3.8) is 0 Å². The van der Waals surface area contributed by atoms with Gasteiger partial charge in [-0.2, -0.15) is 0 Å². The molecule has 0 aliphatic carbocycles. The minimum absolute atomic E-state index is 0.0318. The van der Waals surface area contributed by atoms with Crippen LogP contribution in [0.1, 0.15) is 0 Å². The third kappa shape index (κ3) is 1.99. The molecule has 0 aliphatic heterocycles. The molecule has 3 N–H and O–H groups in total. The molecule has 0 saturated carbocycles. The molecule has 0 atom stereocenters. The van der Waals surface area contributed by atoms with Crippen LogP contribution in [0, 0.1) is 0 Å². The zero-order valence-corrected chi connectivity index (χ0v) is 8.44. The zero-order valence-electron chi connectivity index (χ0n) is 7.68. The van der Waals surface area contributed by atoms with Crippen LogP contribution in [0.15, 0.2) is 30.5 Å². The van der Waals surface area contributed by atoms with Crippen molar-refractivity contribution in [2.45, 2.75) is 0 Å². The van der Waals surface area contributed by atoms with Gasteiger partial charge in [-0.25, -0.2) is 9.97 Å². The number of nitrogen functional groups attached to an aromatic ring is 1. The molecule has 0 amide bonds. The molecular formula is C10H8ClN3O. The van der Waals surface area contributed by atoms with Crippen LogP contribution >= 0.6 is 11.6 Å². The van der Waals surface area contributed by atoms with Crippen molar-refractivity contribution in [3.8, 4) is 17.1 Å². The SMILES string of the molecule is Nc1ccnc(-c2ccc(O)c(Cl)c2)n1. The number of anilines is 1. The third-order valence-corrected chi connectivity index (χ3v) is 2.19. The van der Waals surface area contributed by atoms with Crippen molar-refractivity contribution in [3.05, 3.63) is 35.5 Å². The molecule has 0 saturated heterocycles. The molecule has 2 aromatic rings. The zero-order chi connectivity index (χ0) is 10.8. The van der Waals surface area contributed by atoms with E-state index >= 15 is 0 Å². The average Bonchev–Trinajstić information content (AvgIpc) is 2.22. The molecule has 0 radical (unpaired) electrons. The largest absolute Gasteiger partial charge is 0.506 e. The van der Waals surface area contributed by atoms with E-state index in [1.54, 1.807) is 24.4 Å². The van der Waals surface area contributed by atoms with E-state index in [2.05, 4.69) is 9.97 Å². The summed E-state index contributed by atoms with van der Waals surface area (Å²) in [6, 6.07) is 6.36. The van der Waals surface area contributed by atoms with Crippen LogP contribution in [0.25, 0.3) is 11.4 Å². The molecule has 76 valence electrons. The molecule has 2 rings (SSSR count). The summed E-state index contributed by atoms with van der Waals surface area (Å²) in [5.74, 6) is 0.908. The summed E-state index contributed by atoms with van der Waals surface area (Å²) in [5, 5.41) is 9.51. The Morgan fingerprint density at radius 2 is 2.07 bits per heavy atom. The summed E-state index contributed by atoms with van der Waals surface area (Å²) < 4.78 is 0. The van der Waals surface area contributed by atoms with Gasteiger partial charge in [0.25, 0.3) is 0 Å². The van der Waals surface area contributed by atoms with Gasteiger partial charge in [0.15, 0.2) is 5.82 Å². The highest BCUT2D eigenvalue weighted by Gasteiger charge is 2.04. The summed E-state index contributed by atoms with van der Waals surface area (Å²) in [4.78, 5) is 8.09. The van der Waals surface area contributed by atoms with Gasteiger partial charge in [-0.3, -0.25) is 0 Å². The number of phenolic OH excluding ortho intramolecular Hbond substituents is 1. The summed E-state index contributed by atoms with van der Waals surface area (Å²) in [5.41, 5.74) is 6.24. The number of aromatic nitrogens is 2. The molecule has 1 aromatic carbocycles. The number of hydrogen-bond acceptors (Lipinski definition) is 4. The predicted octanol–water partition coefficient (Wildman–Crippen LogP) is 2.08. The molecule has 5 heteroatoms. The van der Waals surface area contributed by atoms with Gasteiger partial charge in [0.1, 0.15) is 11.6 Å². The highest BCUT2D eigenvalue weighted by atomic mass is 35.5. The fraction of sp³-hybridized carbons (Fsp3) is 0. The molecule has 1 heterocycles. The van der Waals surface area contributed by atoms with E-state index < -0.39 is 0 Å². The molecule has 1 aromatic heterocycles. The van der Waals surface area contributed by atoms with Crippen molar-refractivity contribution in [1.29, 1.82) is 0 Å². The Balaban J connectivity index is 2.50. The molecule has 0 aliphatic rings. The smallest absolute Gasteiger partial charge is 0.161 e. The van der Waals surface area contributed by atoms with Crippen molar-refractivity contribution in [1.82, 2.24) is 9.97 Å². The maximum atomic E-state index is 9.25. The second kappa shape index (κ2) is 3.74. The van der Waals surface area contributed by atoms with E-state index in [0.29, 0.717) is 17.2 Å². The van der Waals surface area contributed by atoms with Gasteiger partial charge in [-0.1, -0.05) is 11.6 Å². The Labute approximate surface area is 91.4 Å². The van der Waals surface area contributed by atoms with Gasteiger partial charge in [0, 0.05) is 11.8 Å². The first kappa shape index (κ1) is 9.73. The normalized spacial score (nSPS) is 10.2. The van der Waals surface area contributed by atoms with Crippen LogP contribution in [0.2, 0.25) is 5.02 Å². The second-order valence-corrected chi connectivity index (χ2v) is 3.38. The van der Waals surface area contributed by atoms with Crippen molar-refractivity contribution < 1.29 is 5.11 Å². The first-order chi connectivity index (χ1) is 7.16. The Morgan fingerprint density at radius 3 is 2.73 bits per heavy atom. The Morgan fingerprint density at radius 1 is 1.27 bits per heavy atom. The number of rotatable bonds is 1. The van der Waals surface area contributed by atoms with E-state index in [4.69, 9.17) is 17.3 Å². The Bertz CT molecular complexity index is 502. The molecule has 0 fully saturated rings. The van der Waals surface area contributed by atoms with Gasteiger partial charge in [-0.05, 0) is 24.3 Å². The van der Waals surface area contributed by atoms with E-state index in [9.17, 15) is 5.11 Å². The van der Waals surface area contributed by atoms with Crippen molar-refractivity contribution in [2.24, 2.45) is 0 Å². The Kier molecular flexibility index (Phi) is 2.43. The lowest BCUT2D eigenvalue weighted by Gasteiger charge is -2.02. The molecule has 0 spiro atoms. The van der Waals surface area contributed by atoms with Gasteiger partial charge < -0.3 is 10.8 Å². The standard InChI is InChI=1S/C10H8ClN3O/c11-7-5-6(1-2-8(7)15)10-13-4-3-9(12)14-10/h1-5,15H,(H2,12,13,14).